The molecule has 1 atom stereocenters. The Balaban J connectivity index is 4.28. The molecule has 340 valence electrons. The SMILES string of the molecule is CCC/C=C\C/C=C\CCCCCCCC(=O)OC(COC(=O)CCCCCCCCC)COC(=O)CCCCCCCC/C=C\C/C=C\C/C=C\CCCCCCC. The topological polar surface area (TPSA) is 78.9 Å². The van der Waals surface area contributed by atoms with E-state index in [0.717, 1.165) is 109 Å². The lowest BCUT2D eigenvalue weighted by Gasteiger charge is -2.18. The van der Waals surface area contributed by atoms with Crippen LogP contribution in [0.15, 0.2) is 60.8 Å². The number of hydrogen-bond donors (Lipinski definition) is 0. The summed E-state index contributed by atoms with van der Waals surface area (Å²) in [5.41, 5.74) is 0. The summed E-state index contributed by atoms with van der Waals surface area (Å²) in [6.07, 6.45) is 57.9. The Morgan fingerprint density at radius 2 is 0.644 bits per heavy atom. The zero-order valence-electron chi connectivity index (χ0n) is 38.8. The van der Waals surface area contributed by atoms with E-state index in [1.54, 1.807) is 0 Å². The molecule has 59 heavy (non-hydrogen) atoms. The fourth-order valence-electron chi connectivity index (χ4n) is 6.72. The summed E-state index contributed by atoms with van der Waals surface area (Å²) in [6, 6.07) is 0. The van der Waals surface area contributed by atoms with Gasteiger partial charge in [-0.25, -0.2) is 0 Å². The quantitative estimate of drug-likeness (QED) is 0.0263. The third-order valence-corrected chi connectivity index (χ3v) is 10.5. The van der Waals surface area contributed by atoms with Crippen LogP contribution >= 0.6 is 0 Å². The maximum atomic E-state index is 12.7. The van der Waals surface area contributed by atoms with Gasteiger partial charge in [-0.15, -0.1) is 0 Å². The molecule has 0 rings (SSSR count). The van der Waals surface area contributed by atoms with Gasteiger partial charge in [-0.1, -0.05) is 197 Å². The van der Waals surface area contributed by atoms with Gasteiger partial charge < -0.3 is 14.2 Å². The molecule has 0 radical (unpaired) electrons. The van der Waals surface area contributed by atoms with E-state index in [0.29, 0.717) is 19.3 Å². The summed E-state index contributed by atoms with van der Waals surface area (Å²) in [4.78, 5) is 37.7. The molecule has 6 nitrogen and oxygen atoms in total. The lowest BCUT2D eigenvalue weighted by atomic mass is 10.1. The molecule has 0 bridgehead atoms. The maximum Gasteiger partial charge on any atom is 0.306 e. The standard InChI is InChI=1S/C53H92O6/c1-4-7-10-13-16-18-20-22-23-24-25-26-27-28-29-31-32-34-37-40-43-46-52(55)58-49-50(48-57-51(54)45-42-39-36-15-12-9-6-3)59-53(56)47-44-41-38-35-33-30-21-19-17-14-11-8-5-2/h11,14,19-22,24-25,27-28,50H,4-10,12-13,15-18,23,26,29-49H2,1-3H3/b14-11-,21-19-,22-20-,25-24-,28-27-. The molecule has 0 saturated heterocycles. The summed E-state index contributed by atoms with van der Waals surface area (Å²) in [5.74, 6) is -0.918. The summed E-state index contributed by atoms with van der Waals surface area (Å²) in [7, 11) is 0. The fourth-order valence-corrected chi connectivity index (χ4v) is 6.72. The van der Waals surface area contributed by atoms with Crippen molar-refractivity contribution in [3.8, 4) is 0 Å². The van der Waals surface area contributed by atoms with E-state index in [1.165, 1.54) is 89.9 Å². The second-order valence-electron chi connectivity index (χ2n) is 16.4. The van der Waals surface area contributed by atoms with E-state index in [4.69, 9.17) is 14.2 Å². The van der Waals surface area contributed by atoms with Gasteiger partial charge >= 0.3 is 17.9 Å². The Morgan fingerprint density at radius 3 is 1.02 bits per heavy atom. The Kier molecular flexibility index (Phi) is 45.4. The first-order valence-electron chi connectivity index (χ1n) is 24.8. The van der Waals surface area contributed by atoms with Gasteiger partial charge in [0.25, 0.3) is 0 Å². The number of esters is 3. The molecule has 0 aliphatic carbocycles. The van der Waals surface area contributed by atoms with Crippen LogP contribution in [0.3, 0.4) is 0 Å². The molecular formula is C53H92O6. The number of hydrogen-bond acceptors (Lipinski definition) is 6. The van der Waals surface area contributed by atoms with Crippen LogP contribution in [0.4, 0.5) is 0 Å². The average Bonchev–Trinajstić information content (AvgIpc) is 3.23. The third kappa shape index (κ3) is 46.0. The van der Waals surface area contributed by atoms with Crippen LogP contribution in [-0.4, -0.2) is 37.2 Å². The average molecular weight is 825 g/mol. The summed E-state index contributed by atoms with van der Waals surface area (Å²) in [6.45, 7) is 6.49. The van der Waals surface area contributed by atoms with Crippen LogP contribution in [0.5, 0.6) is 0 Å². The lowest BCUT2D eigenvalue weighted by Crippen LogP contribution is -2.30. The van der Waals surface area contributed by atoms with E-state index in [1.807, 2.05) is 0 Å². The number of carbonyl (C=O) groups excluding carboxylic acids is 3. The molecule has 0 saturated carbocycles. The second kappa shape index (κ2) is 47.8. The van der Waals surface area contributed by atoms with Crippen molar-refractivity contribution in [3.63, 3.8) is 0 Å². The smallest absolute Gasteiger partial charge is 0.306 e. The van der Waals surface area contributed by atoms with Crippen molar-refractivity contribution in [2.45, 2.75) is 245 Å². The summed E-state index contributed by atoms with van der Waals surface area (Å²) < 4.78 is 16.7. The largest absolute Gasteiger partial charge is 0.462 e. The van der Waals surface area contributed by atoms with Gasteiger partial charge in [0.05, 0.1) is 0 Å². The molecule has 0 aromatic rings. The van der Waals surface area contributed by atoms with Gasteiger partial charge in [0.1, 0.15) is 13.2 Å². The molecule has 0 spiro atoms. The Hall–Kier alpha value is -2.89. The zero-order chi connectivity index (χ0) is 43.0. The minimum atomic E-state index is -0.782. The summed E-state index contributed by atoms with van der Waals surface area (Å²) >= 11 is 0. The van der Waals surface area contributed by atoms with E-state index in [2.05, 4.69) is 81.5 Å². The molecule has 0 aliphatic heterocycles. The zero-order valence-corrected chi connectivity index (χ0v) is 38.8. The first-order chi connectivity index (χ1) is 29.0. The van der Waals surface area contributed by atoms with E-state index in [-0.39, 0.29) is 31.1 Å². The predicted molar refractivity (Wildman–Crippen MR) is 251 cm³/mol. The maximum absolute atomic E-state index is 12.7. The highest BCUT2D eigenvalue weighted by molar-refractivity contribution is 5.71. The number of unbranched alkanes of at least 4 members (excludes halogenated alkanes) is 23. The Bertz CT molecular complexity index is 1090. The molecule has 1 unspecified atom stereocenters. The van der Waals surface area contributed by atoms with Crippen molar-refractivity contribution in [1.29, 1.82) is 0 Å². The molecular weight excluding hydrogens is 733 g/mol. The van der Waals surface area contributed by atoms with Crippen LogP contribution in [-0.2, 0) is 28.6 Å². The third-order valence-electron chi connectivity index (χ3n) is 10.5. The number of allylic oxidation sites excluding steroid dienone is 10. The predicted octanol–water partition coefficient (Wildman–Crippen LogP) is 16.1. The minimum Gasteiger partial charge on any atom is -0.462 e. The van der Waals surface area contributed by atoms with Crippen molar-refractivity contribution in [2.75, 3.05) is 13.2 Å². The lowest BCUT2D eigenvalue weighted by molar-refractivity contribution is -0.167. The molecule has 0 aliphatic rings. The van der Waals surface area contributed by atoms with E-state index >= 15 is 0 Å². The second-order valence-corrected chi connectivity index (χ2v) is 16.4. The minimum absolute atomic E-state index is 0.0842. The fraction of sp³-hybridized carbons (Fsp3) is 0.755. The number of rotatable bonds is 44. The van der Waals surface area contributed by atoms with Crippen molar-refractivity contribution >= 4 is 17.9 Å². The first kappa shape index (κ1) is 56.1. The van der Waals surface area contributed by atoms with E-state index in [9.17, 15) is 14.4 Å². The Labute approximate surface area is 364 Å². The molecule has 0 heterocycles. The van der Waals surface area contributed by atoms with Crippen molar-refractivity contribution in [2.24, 2.45) is 0 Å². The van der Waals surface area contributed by atoms with Crippen LogP contribution in [0.1, 0.15) is 239 Å². The van der Waals surface area contributed by atoms with Crippen LogP contribution in [0.25, 0.3) is 0 Å². The van der Waals surface area contributed by atoms with Gasteiger partial charge in [-0.05, 0) is 83.5 Å². The van der Waals surface area contributed by atoms with Gasteiger partial charge in [0.2, 0.25) is 0 Å². The molecule has 0 aromatic heterocycles. The number of carbonyl (C=O) groups is 3. The van der Waals surface area contributed by atoms with Gasteiger partial charge in [0, 0.05) is 19.3 Å². The van der Waals surface area contributed by atoms with E-state index < -0.39 is 6.10 Å². The molecule has 0 N–H and O–H groups in total. The van der Waals surface area contributed by atoms with Gasteiger partial charge in [-0.2, -0.15) is 0 Å². The van der Waals surface area contributed by atoms with Crippen LogP contribution in [0.2, 0.25) is 0 Å². The molecule has 6 heteroatoms. The van der Waals surface area contributed by atoms with Crippen LogP contribution in [0, 0.1) is 0 Å². The normalized spacial score (nSPS) is 12.5. The molecule has 0 amide bonds. The van der Waals surface area contributed by atoms with Crippen molar-refractivity contribution < 1.29 is 28.6 Å². The summed E-state index contributed by atoms with van der Waals surface area (Å²) in [5, 5.41) is 0. The highest BCUT2D eigenvalue weighted by atomic mass is 16.6. The van der Waals surface area contributed by atoms with Gasteiger partial charge in [-0.3, -0.25) is 14.4 Å². The highest BCUT2D eigenvalue weighted by Crippen LogP contribution is 2.13. The highest BCUT2D eigenvalue weighted by Gasteiger charge is 2.19. The van der Waals surface area contributed by atoms with Crippen LogP contribution < -0.4 is 0 Å². The van der Waals surface area contributed by atoms with Crippen molar-refractivity contribution in [1.82, 2.24) is 0 Å². The first-order valence-corrected chi connectivity index (χ1v) is 24.8. The molecule has 0 aromatic carbocycles. The monoisotopic (exact) mass is 825 g/mol. The Morgan fingerprint density at radius 1 is 0.339 bits per heavy atom. The van der Waals surface area contributed by atoms with Crippen molar-refractivity contribution in [3.05, 3.63) is 60.8 Å². The molecule has 0 fully saturated rings. The van der Waals surface area contributed by atoms with Gasteiger partial charge in [0.15, 0.2) is 6.10 Å². The number of ether oxygens (including phenoxy) is 3.